The number of non-ortho nitro benzene ring substituents is 1. The summed E-state index contributed by atoms with van der Waals surface area (Å²) in [6, 6.07) is 11.6. The molecule has 26 heavy (non-hydrogen) atoms. The minimum atomic E-state index is -0.447. The number of nitro groups is 1. The first-order valence-electron chi connectivity index (χ1n) is 7.87. The van der Waals surface area contributed by atoms with Gasteiger partial charge >= 0.3 is 0 Å². The molecule has 0 aliphatic rings. The average Bonchev–Trinajstić information content (AvgIpc) is 2.63. The van der Waals surface area contributed by atoms with Gasteiger partial charge in [-0.25, -0.2) is 4.98 Å². The minimum Gasteiger partial charge on any atom is -0.503 e. The summed E-state index contributed by atoms with van der Waals surface area (Å²) >= 11 is 6.02. The molecule has 0 saturated heterocycles. The van der Waals surface area contributed by atoms with Crippen LogP contribution in [-0.2, 0) is 0 Å². The number of phenolic OH excluding ortho intramolecular Hbond substituents is 1. The second-order valence-corrected chi connectivity index (χ2v) is 5.87. The quantitative estimate of drug-likeness (QED) is 0.500. The van der Waals surface area contributed by atoms with Crippen molar-refractivity contribution in [3.8, 4) is 11.5 Å². The molecular weight excluding hydrogens is 356 g/mol. The Kier molecular flexibility index (Phi) is 5.04. The van der Waals surface area contributed by atoms with Crippen LogP contribution in [-0.4, -0.2) is 21.6 Å². The third-order valence-corrected chi connectivity index (χ3v) is 4.00. The van der Waals surface area contributed by atoms with E-state index in [1.807, 2.05) is 6.92 Å². The maximum Gasteiger partial charge on any atom is 0.295 e. The summed E-state index contributed by atoms with van der Waals surface area (Å²) < 4.78 is 5.35. The van der Waals surface area contributed by atoms with E-state index in [0.29, 0.717) is 34.5 Å². The molecule has 2 aromatic carbocycles. The van der Waals surface area contributed by atoms with Crippen LogP contribution >= 0.6 is 11.6 Å². The van der Waals surface area contributed by atoms with Gasteiger partial charge in [0.15, 0.2) is 11.5 Å². The van der Waals surface area contributed by atoms with Crippen molar-refractivity contribution in [2.45, 2.75) is 6.92 Å². The lowest BCUT2D eigenvalue weighted by Gasteiger charge is -2.08. The lowest BCUT2D eigenvalue weighted by atomic mass is 10.1. The molecule has 1 heterocycles. The number of benzene rings is 2. The van der Waals surface area contributed by atoms with Gasteiger partial charge in [0, 0.05) is 11.5 Å². The van der Waals surface area contributed by atoms with Crippen molar-refractivity contribution >= 4 is 40.3 Å². The zero-order valence-corrected chi connectivity index (χ0v) is 14.6. The Morgan fingerprint density at radius 1 is 1.27 bits per heavy atom. The fourth-order valence-corrected chi connectivity index (χ4v) is 2.74. The standard InChI is InChI=1S/C19H15ClN2O4/c1-2-26-17-11-12(10-15(20)19(17)23)6-8-14-9-7-13-4-3-5-16(22(24)25)18(13)21-14/h3-11,23H,2H2,1H3/b8-6+. The molecule has 0 unspecified atom stereocenters. The molecular formula is C19H15ClN2O4. The predicted octanol–water partition coefficient (Wildman–Crippen LogP) is 5.07. The number of hydrogen-bond acceptors (Lipinski definition) is 5. The first kappa shape index (κ1) is 17.7. The Hall–Kier alpha value is -3.12. The molecule has 0 spiro atoms. The molecule has 1 aromatic heterocycles. The largest absolute Gasteiger partial charge is 0.503 e. The summed E-state index contributed by atoms with van der Waals surface area (Å²) in [7, 11) is 0. The van der Waals surface area contributed by atoms with Crippen molar-refractivity contribution < 1.29 is 14.8 Å². The highest BCUT2D eigenvalue weighted by atomic mass is 35.5. The number of fused-ring (bicyclic) bond motifs is 1. The number of nitro benzene ring substituents is 1. The molecule has 7 heteroatoms. The van der Waals surface area contributed by atoms with E-state index in [1.165, 1.54) is 6.07 Å². The van der Waals surface area contributed by atoms with Gasteiger partial charge < -0.3 is 9.84 Å². The summed E-state index contributed by atoms with van der Waals surface area (Å²) in [6.07, 6.45) is 3.46. The van der Waals surface area contributed by atoms with Crippen molar-refractivity contribution in [3.05, 3.63) is 68.9 Å². The summed E-state index contributed by atoms with van der Waals surface area (Å²) in [5, 5.41) is 21.9. The second kappa shape index (κ2) is 7.41. The smallest absolute Gasteiger partial charge is 0.295 e. The third-order valence-electron chi connectivity index (χ3n) is 3.71. The third kappa shape index (κ3) is 3.60. The minimum absolute atomic E-state index is 0.0379. The zero-order chi connectivity index (χ0) is 18.7. The topological polar surface area (TPSA) is 85.5 Å². The van der Waals surface area contributed by atoms with Crippen LogP contribution in [0.5, 0.6) is 11.5 Å². The molecule has 0 fully saturated rings. The fourth-order valence-electron chi connectivity index (χ4n) is 2.52. The normalized spacial score (nSPS) is 11.2. The van der Waals surface area contributed by atoms with Crippen LogP contribution in [0, 0.1) is 10.1 Å². The number of halogens is 1. The Morgan fingerprint density at radius 2 is 2.08 bits per heavy atom. The van der Waals surface area contributed by atoms with Gasteiger partial charge in [-0.2, -0.15) is 0 Å². The van der Waals surface area contributed by atoms with Gasteiger partial charge in [-0.1, -0.05) is 35.9 Å². The number of nitrogens with zero attached hydrogens (tertiary/aromatic N) is 2. The molecule has 0 saturated carbocycles. The van der Waals surface area contributed by atoms with Crippen molar-refractivity contribution in [2.75, 3.05) is 6.61 Å². The second-order valence-electron chi connectivity index (χ2n) is 5.46. The molecule has 0 aliphatic carbocycles. The monoisotopic (exact) mass is 370 g/mol. The summed E-state index contributed by atoms with van der Waals surface area (Å²) in [6.45, 7) is 2.20. The Bertz CT molecular complexity index is 1020. The van der Waals surface area contributed by atoms with E-state index >= 15 is 0 Å². The van der Waals surface area contributed by atoms with Crippen LogP contribution in [0.25, 0.3) is 23.1 Å². The van der Waals surface area contributed by atoms with Gasteiger partial charge in [0.05, 0.1) is 22.2 Å². The highest BCUT2D eigenvalue weighted by Gasteiger charge is 2.12. The molecule has 0 bridgehead atoms. The average molecular weight is 371 g/mol. The van der Waals surface area contributed by atoms with Crippen LogP contribution in [0.3, 0.4) is 0 Å². The van der Waals surface area contributed by atoms with E-state index in [2.05, 4.69) is 4.98 Å². The van der Waals surface area contributed by atoms with E-state index in [-0.39, 0.29) is 16.5 Å². The maximum atomic E-state index is 11.2. The number of pyridine rings is 1. The highest BCUT2D eigenvalue weighted by molar-refractivity contribution is 6.32. The van der Waals surface area contributed by atoms with E-state index in [0.717, 1.165) is 0 Å². The molecule has 6 nitrogen and oxygen atoms in total. The Labute approximate surface area is 154 Å². The van der Waals surface area contributed by atoms with Gasteiger partial charge in [-0.05, 0) is 36.8 Å². The number of aromatic hydroxyl groups is 1. The highest BCUT2D eigenvalue weighted by Crippen LogP contribution is 2.35. The molecule has 3 aromatic rings. The predicted molar refractivity (Wildman–Crippen MR) is 102 cm³/mol. The first-order chi connectivity index (χ1) is 12.5. The van der Waals surface area contributed by atoms with Crippen LogP contribution in [0.15, 0.2) is 42.5 Å². The fraction of sp³-hybridized carbons (Fsp3) is 0.105. The maximum absolute atomic E-state index is 11.2. The van der Waals surface area contributed by atoms with Crippen molar-refractivity contribution in [1.29, 1.82) is 0 Å². The Balaban J connectivity index is 1.98. The zero-order valence-electron chi connectivity index (χ0n) is 13.8. The number of hydrogen-bond donors (Lipinski definition) is 1. The van der Waals surface area contributed by atoms with E-state index in [9.17, 15) is 15.2 Å². The molecule has 1 N–H and O–H groups in total. The van der Waals surface area contributed by atoms with Gasteiger partial charge in [0.2, 0.25) is 0 Å². The van der Waals surface area contributed by atoms with E-state index < -0.39 is 4.92 Å². The molecule has 0 aliphatic heterocycles. The molecule has 3 rings (SSSR count). The summed E-state index contributed by atoms with van der Waals surface area (Å²) in [5.74, 6) is 0.187. The van der Waals surface area contributed by atoms with E-state index in [1.54, 1.807) is 48.6 Å². The number of ether oxygens (including phenoxy) is 1. The SMILES string of the molecule is CCOc1cc(/C=C/c2ccc3cccc([N+](=O)[O-])c3n2)cc(Cl)c1O. The number of para-hydroxylation sites is 1. The number of aromatic nitrogens is 1. The first-order valence-corrected chi connectivity index (χ1v) is 8.25. The van der Waals surface area contributed by atoms with Crippen molar-refractivity contribution in [1.82, 2.24) is 4.98 Å². The van der Waals surface area contributed by atoms with Crippen LogP contribution in [0.1, 0.15) is 18.2 Å². The van der Waals surface area contributed by atoms with Gasteiger partial charge in [0.25, 0.3) is 5.69 Å². The Morgan fingerprint density at radius 3 is 2.81 bits per heavy atom. The van der Waals surface area contributed by atoms with Crippen molar-refractivity contribution in [2.24, 2.45) is 0 Å². The van der Waals surface area contributed by atoms with Crippen molar-refractivity contribution in [3.63, 3.8) is 0 Å². The van der Waals surface area contributed by atoms with Gasteiger partial charge in [0.1, 0.15) is 5.52 Å². The summed E-state index contributed by atoms with van der Waals surface area (Å²) in [5.41, 5.74) is 1.57. The van der Waals surface area contributed by atoms with Crippen LogP contribution < -0.4 is 4.74 Å². The van der Waals surface area contributed by atoms with E-state index in [4.69, 9.17) is 16.3 Å². The van der Waals surface area contributed by atoms with Crippen LogP contribution in [0.2, 0.25) is 5.02 Å². The number of rotatable bonds is 5. The molecule has 0 atom stereocenters. The van der Waals surface area contributed by atoms with Gasteiger partial charge in [-0.15, -0.1) is 0 Å². The number of phenols is 1. The van der Waals surface area contributed by atoms with Crippen LogP contribution in [0.4, 0.5) is 5.69 Å². The molecule has 132 valence electrons. The molecule has 0 amide bonds. The lowest BCUT2D eigenvalue weighted by Crippen LogP contribution is -1.93. The molecule has 0 radical (unpaired) electrons. The van der Waals surface area contributed by atoms with Gasteiger partial charge in [-0.3, -0.25) is 10.1 Å². The lowest BCUT2D eigenvalue weighted by molar-refractivity contribution is -0.383. The summed E-state index contributed by atoms with van der Waals surface area (Å²) in [4.78, 5) is 15.1.